The molecule has 1 atom stereocenters. The highest BCUT2D eigenvalue weighted by Crippen LogP contribution is 2.19. The first-order valence-electron chi connectivity index (χ1n) is 22.2. The molecule has 0 aromatic heterocycles. The number of aliphatic carboxylic acids is 1. The Morgan fingerprint density at radius 3 is 1.08 bits per heavy atom. The molecule has 1 amide bonds. The first-order chi connectivity index (χ1) is 24.5. The van der Waals surface area contributed by atoms with Crippen molar-refractivity contribution in [1.29, 1.82) is 0 Å². The van der Waals surface area contributed by atoms with Gasteiger partial charge in [-0.05, 0) is 38.5 Å². The molecule has 2 N–H and O–H groups in total. The van der Waals surface area contributed by atoms with E-state index in [1.54, 1.807) is 0 Å². The van der Waals surface area contributed by atoms with Crippen LogP contribution in [-0.2, 0) is 19.1 Å². The smallest absolute Gasteiger partial charge is 0.322 e. The third-order valence-corrected chi connectivity index (χ3v) is 10.3. The lowest BCUT2D eigenvalue weighted by Crippen LogP contribution is -2.28. The molecule has 0 aliphatic rings. The van der Waals surface area contributed by atoms with Gasteiger partial charge in [0.1, 0.15) is 12.6 Å². The molecule has 0 aliphatic heterocycles. The van der Waals surface area contributed by atoms with E-state index in [4.69, 9.17) is 9.84 Å². The molecule has 50 heavy (non-hydrogen) atoms. The molecule has 296 valence electrons. The van der Waals surface area contributed by atoms with Crippen LogP contribution in [0.1, 0.15) is 251 Å². The van der Waals surface area contributed by atoms with Gasteiger partial charge in [-0.3, -0.25) is 14.4 Å². The highest BCUT2D eigenvalue weighted by Gasteiger charge is 2.14. The summed E-state index contributed by atoms with van der Waals surface area (Å²) in [6, 6.07) is 0. The largest absolute Gasteiger partial charge is 0.480 e. The van der Waals surface area contributed by atoms with Crippen LogP contribution in [0.25, 0.3) is 0 Å². The Morgan fingerprint density at radius 1 is 0.440 bits per heavy atom. The van der Waals surface area contributed by atoms with E-state index in [-0.39, 0.29) is 24.5 Å². The molecule has 0 aromatic rings. The van der Waals surface area contributed by atoms with Crippen LogP contribution in [-0.4, -0.2) is 35.6 Å². The zero-order valence-corrected chi connectivity index (χ0v) is 33.5. The summed E-state index contributed by atoms with van der Waals surface area (Å²) in [4.78, 5) is 35.0. The van der Waals surface area contributed by atoms with Crippen LogP contribution in [0.5, 0.6) is 0 Å². The standard InChI is InChI=1S/C44H85NO5/c1-3-5-7-9-11-13-14-15-16-17-18-19-20-21-22-24-26-31-35-39-44(49)50-41(36-32-28-25-23-12-10-8-6-4-2)37-33-29-27-30-34-38-42(46)45-40-43(47)48/h41H,3-40H2,1-2H3,(H,45,46)(H,47,48). The number of carbonyl (C=O) groups excluding carboxylic acids is 2. The maximum atomic E-state index is 12.7. The Kier molecular flexibility index (Phi) is 38.9. The minimum Gasteiger partial charge on any atom is -0.480 e. The maximum absolute atomic E-state index is 12.7. The third kappa shape index (κ3) is 39.2. The van der Waals surface area contributed by atoms with E-state index in [9.17, 15) is 14.4 Å². The molecule has 0 radical (unpaired) electrons. The molecule has 0 heterocycles. The zero-order valence-electron chi connectivity index (χ0n) is 33.5. The Morgan fingerprint density at radius 2 is 0.740 bits per heavy atom. The van der Waals surface area contributed by atoms with E-state index in [0.717, 1.165) is 64.2 Å². The van der Waals surface area contributed by atoms with Crippen LogP contribution in [0, 0.1) is 0 Å². The normalized spacial score (nSPS) is 11.9. The zero-order chi connectivity index (χ0) is 36.6. The average Bonchev–Trinajstić information content (AvgIpc) is 3.10. The van der Waals surface area contributed by atoms with E-state index < -0.39 is 5.97 Å². The number of ether oxygens (including phenoxy) is 1. The number of rotatable bonds is 41. The lowest BCUT2D eigenvalue weighted by atomic mass is 10.0. The number of carboxylic acids is 1. The van der Waals surface area contributed by atoms with Crippen LogP contribution in [0.4, 0.5) is 0 Å². The topological polar surface area (TPSA) is 92.7 Å². The molecule has 0 aliphatic carbocycles. The number of carboxylic acid groups (broad SMARTS) is 1. The molecule has 6 nitrogen and oxygen atoms in total. The molecule has 0 saturated heterocycles. The van der Waals surface area contributed by atoms with E-state index in [2.05, 4.69) is 19.2 Å². The molecule has 0 bridgehead atoms. The van der Waals surface area contributed by atoms with Gasteiger partial charge in [-0.1, -0.05) is 200 Å². The van der Waals surface area contributed by atoms with Crippen molar-refractivity contribution in [1.82, 2.24) is 5.32 Å². The SMILES string of the molecule is CCCCCCCCCCCCCCCCCCCCCC(=O)OC(CCCCCCCCCCC)CCCCCCCC(=O)NCC(=O)O. The fourth-order valence-electron chi connectivity index (χ4n) is 6.99. The van der Waals surface area contributed by atoms with Gasteiger partial charge in [-0.2, -0.15) is 0 Å². The molecule has 0 saturated carbocycles. The van der Waals surface area contributed by atoms with Gasteiger partial charge in [0.15, 0.2) is 0 Å². The van der Waals surface area contributed by atoms with Gasteiger partial charge in [0.25, 0.3) is 0 Å². The van der Waals surface area contributed by atoms with Crippen molar-refractivity contribution in [3.05, 3.63) is 0 Å². The van der Waals surface area contributed by atoms with Crippen LogP contribution in [0.2, 0.25) is 0 Å². The summed E-state index contributed by atoms with van der Waals surface area (Å²) in [6.45, 7) is 4.24. The summed E-state index contributed by atoms with van der Waals surface area (Å²) in [5.74, 6) is -1.21. The number of hydrogen-bond donors (Lipinski definition) is 2. The molecule has 0 fully saturated rings. The monoisotopic (exact) mass is 708 g/mol. The van der Waals surface area contributed by atoms with Crippen molar-refractivity contribution in [2.24, 2.45) is 0 Å². The second-order valence-corrected chi connectivity index (χ2v) is 15.3. The molecule has 6 heteroatoms. The van der Waals surface area contributed by atoms with Crippen molar-refractivity contribution in [2.75, 3.05) is 6.54 Å². The number of hydrogen-bond acceptors (Lipinski definition) is 4. The van der Waals surface area contributed by atoms with E-state index in [1.165, 1.54) is 161 Å². The lowest BCUT2D eigenvalue weighted by Gasteiger charge is -2.18. The van der Waals surface area contributed by atoms with Crippen LogP contribution >= 0.6 is 0 Å². The number of amides is 1. The first kappa shape index (κ1) is 48.4. The quantitative estimate of drug-likeness (QED) is 0.0487. The Labute approximate surface area is 310 Å². The third-order valence-electron chi connectivity index (χ3n) is 10.3. The summed E-state index contributed by atoms with van der Waals surface area (Å²) in [6.07, 6.45) is 45.2. The second kappa shape index (κ2) is 40.2. The second-order valence-electron chi connectivity index (χ2n) is 15.3. The van der Waals surface area contributed by atoms with Gasteiger partial charge >= 0.3 is 11.9 Å². The highest BCUT2D eigenvalue weighted by atomic mass is 16.5. The van der Waals surface area contributed by atoms with E-state index in [0.29, 0.717) is 12.8 Å². The van der Waals surface area contributed by atoms with Gasteiger partial charge < -0.3 is 15.2 Å². The molecular weight excluding hydrogens is 622 g/mol. The minimum absolute atomic E-state index is 0.00901. The maximum Gasteiger partial charge on any atom is 0.322 e. The molecular formula is C44H85NO5. The summed E-state index contributed by atoms with van der Waals surface area (Å²) >= 11 is 0. The lowest BCUT2D eigenvalue weighted by molar-refractivity contribution is -0.150. The van der Waals surface area contributed by atoms with Crippen LogP contribution in [0.3, 0.4) is 0 Å². The predicted octanol–water partition coefficient (Wildman–Crippen LogP) is 13.6. The molecule has 0 spiro atoms. The van der Waals surface area contributed by atoms with Gasteiger partial charge in [-0.25, -0.2) is 0 Å². The highest BCUT2D eigenvalue weighted by molar-refractivity contribution is 5.80. The molecule has 0 aromatic carbocycles. The summed E-state index contributed by atoms with van der Waals surface area (Å²) in [7, 11) is 0. The van der Waals surface area contributed by atoms with Gasteiger partial charge in [0.2, 0.25) is 5.91 Å². The Balaban J connectivity index is 3.97. The molecule has 0 rings (SSSR count). The van der Waals surface area contributed by atoms with E-state index >= 15 is 0 Å². The van der Waals surface area contributed by atoms with Crippen molar-refractivity contribution in [3.63, 3.8) is 0 Å². The van der Waals surface area contributed by atoms with Crippen LogP contribution < -0.4 is 5.32 Å². The van der Waals surface area contributed by atoms with Crippen molar-refractivity contribution >= 4 is 17.8 Å². The number of nitrogens with one attached hydrogen (secondary N) is 1. The number of esters is 1. The first-order valence-corrected chi connectivity index (χ1v) is 22.2. The van der Waals surface area contributed by atoms with Crippen LogP contribution in [0.15, 0.2) is 0 Å². The van der Waals surface area contributed by atoms with Gasteiger partial charge in [0.05, 0.1) is 0 Å². The number of carbonyl (C=O) groups is 3. The summed E-state index contributed by atoms with van der Waals surface area (Å²) < 4.78 is 6.03. The summed E-state index contributed by atoms with van der Waals surface area (Å²) in [5.41, 5.74) is 0. The Hall–Kier alpha value is -1.59. The van der Waals surface area contributed by atoms with Gasteiger partial charge in [-0.15, -0.1) is 0 Å². The predicted molar refractivity (Wildman–Crippen MR) is 213 cm³/mol. The molecule has 1 unspecified atom stereocenters. The Bertz CT molecular complexity index is 742. The minimum atomic E-state index is -1.01. The van der Waals surface area contributed by atoms with Crippen molar-refractivity contribution < 1.29 is 24.2 Å². The number of unbranched alkanes of at least 4 members (excludes halogenated alkanes) is 30. The summed E-state index contributed by atoms with van der Waals surface area (Å²) in [5, 5.41) is 11.1. The van der Waals surface area contributed by atoms with Crippen molar-refractivity contribution in [2.45, 2.75) is 258 Å². The fourth-order valence-corrected chi connectivity index (χ4v) is 6.99. The average molecular weight is 708 g/mol. The fraction of sp³-hybridized carbons (Fsp3) is 0.932. The van der Waals surface area contributed by atoms with Gasteiger partial charge in [0, 0.05) is 12.8 Å². The van der Waals surface area contributed by atoms with Crippen molar-refractivity contribution in [3.8, 4) is 0 Å². The van der Waals surface area contributed by atoms with E-state index in [1.807, 2.05) is 0 Å².